The molecule has 0 radical (unpaired) electrons. The van der Waals surface area contributed by atoms with Crippen molar-refractivity contribution >= 4 is 39.9 Å². The molecule has 3 aromatic rings. The standard InChI is InChI=1S/C19H24N6O2S2/c1-12(2)9-27-16-7-13(3)5-6-15(16)22-17(26)23-18-20-8-14(29-18)10-28-19-24-21-11-25(19)4/h5-8,11-12H,9-10H2,1-4H3,(H2,20,22,23,26). The summed E-state index contributed by atoms with van der Waals surface area (Å²) in [6.45, 7) is 6.73. The summed E-state index contributed by atoms with van der Waals surface area (Å²) in [5.41, 5.74) is 1.70. The van der Waals surface area contributed by atoms with E-state index in [1.165, 1.54) is 11.3 Å². The molecule has 0 bridgehead atoms. The zero-order valence-corrected chi connectivity index (χ0v) is 18.4. The maximum absolute atomic E-state index is 12.4. The van der Waals surface area contributed by atoms with E-state index in [9.17, 15) is 4.79 Å². The number of benzene rings is 1. The van der Waals surface area contributed by atoms with Gasteiger partial charge in [0.05, 0.1) is 12.3 Å². The van der Waals surface area contributed by atoms with Gasteiger partial charge in [-0.05, 0) is 30.5 Å². The molecule has 2 aromatic heterocycles. The van der Waals surface area contributed by atoms with E-state index in [-0.39, 0.29) is 6.03 Å². The van der Waals surface area contributed by atoms with Crippen LogP contribution in [0.5, 0.6) is 5.75 Å². The molecule has 0 saturated heterocycles. The predicted molar refractivity (Wildman–Crippen MR) is 117 cm³/mol. The van der Waals surface area contributed by atoms with Gasteiger partial charge in [0.25, 0.3) is 0 Å². The van der Waals surface area contributed by atoms with Crippen molar-refractivity contribution < 1.29 is 9.53 Å². The maximum Gasteiger partial charge on any atom is 0.325 e. The molecular formula is C19H24N6O2S2. The van der Waals surface area contributed by atoms with E-state index in [0.717, 1.165) is 15.6 Å². The molecule has 29 heavy (non-hydrogen) atoms. The lowest BCUT2D eigenvalue weighted by molar-refractivity contribution is 0.260. The molecule has 10 heteroatoms. The molecule has 2 N–H and O–H groups in total. The van der Waals surface area contributed by atoms with Gasteiger partial charge in [0.15, 0.2) is 10.3 Å². The molecule has 0 aliphatic rings. The number of aryl methyl sites for hydroxylation is 2. The quantitative estimate of drug-likeness (QED) is 0.507. The molecule has 8 nitrogen and oxygen atoms in total. The third-order valence-electron chi connectivity index (χ3n) is 3.74. The van der Waals surface area contributed by atoms with Gasteiger partial charge in [-0.2, -0.15) is 0 Å². The average molecular weight is 433 g/mol. The van der Waals surface area contributed by atoms with Crippen LogP contribution in [0.2, 0.25) is 0 Å². The summed E-state index contributed by atoms with van der Waals surface area (Å²) < 4.78 is 7.70. The van der Waals surface area contributed by atoms with E-state index < -0.39 is 0 Å². The molecule has 0 aliphatic carbocycles. The molecule has 0 aliphatic heterocycles. The summed E-state index contributed by atoms with van der Waals surface area (Å²) in [5.74, 6) is 1.76. The van der Waals surface area contributed by atoms with E-state index in [1.807, 2.05) is 36.7 Å². The third-order valence-corrected chi connectivity index (χ3v) is 5.92. The van der Waals surface area contributed by atoms with Crippen molar-refractivity contribution in [1.29, 1.82) is 0 Å². The highest BCUT2D eigenvalue weighted by atomic mass is 32.2. The van der Waals surface area contributed by atoms with Crippen molar-refractivity contribution in [3.05, 3.63) is 41.2 Å². The number of thioether (sulfide) groups is 1. The van der Waals surface area contributed by atoms with Crippen molar-refractivity contribution in [2.45, 2.75) is 31.7 Å². The molecule has 154 valence electrons. The molecule has 1 aromatic carbocycles. The van der Waals surface area contributed by atoms with Crippen LogP contribution in [0.1, 0.15) is 24.3 Å². The topological polar surface area (TPSA) is 94.0 Å². The molecule has 0 unspecified atom stereocenters. The first-order valence-corrected chi connectivity index (χ1v) is 10.9. The summed E-state index contributed by atoms with van der Waals surface area (Å²) in [6.07, 6.45) is 3.42. The molecular weight excluding hydrogens is 408 g/mol. The van der Waals surface area contributed by atoms with Crippen molar-refractivity contribution in [2.75, 3.05) is 17.2 Å². The normalized spacial score (nSPS) is 10.9. The number of nitrogens with one attached hydrogen (secondary N) is 2. The van der Waals surface area contributed by atoms with Crippen molar-refractivity contribution in [3.63, 3.8) is 0 Å². The molecule has 3 rings (SSSR count). The van der Waals surface area contributed by atoms with Crippen LogP contribution in [0.15, 0.2) is 35.9 Å². The number of aromatic nitrogens is 4. The third kappa shape index (κ3) is 6.20. The van der Waals surface area contributed by atoms with Crippen LogP contribution in [0.25, 0.3) is 0 Å². The van der Waals surface area contributed by atoms with Crippen LogP contribution in [0.3, 0.4) is 0 Å². The molecule has 0 spiro atoms. The largest absolute Gasteiger partial charge is 0.491 e. The zero-order chi connectivity index (χ0) is 20.8. The second kappa shape index (κ2) is 9.75. The van der Waals surface area contributed by atoms with E-state index >= 15 is 0 Å². The fourth-order valence-corrected chi connectivity index (χ4v) is 4.05. The molecule has 0 atom stereocenters. The van der Waals surface area contributed by atoms with Crippen molar-refractivity contribution in [1.82, 2.24) is 19.7 Å². The monoisotopic (exact) mass is 432 g/mol. The van der Waals surface area contributed by atoms with Gasteiger partial charge >= 0.3 is 6.03 Å². The molecule has 0 saturated carbocycles. The SMILES string of the molecule is Cc1ccc(NC(=O)Nc2ncc(CSc3nncn3C)s2)c(OCC(C)C)c1. The van der Waals surface area contributed by atoms with Gasteiger partial charge in [-0.15, -0.1) is 21.5 Å². The minimum atomic E-state index is -0.356. The Labute approximate surface area is 178 Å². The van der Waals surface area contributed by atoms with Gasteiger partial charge in [0.1, 0.15) is 12.1 Å². The van der Waals surface area contributed by atoms with E-state index in [2.05, 4.69) is 39.7 Å². The number of rotatable bonds is 8. The smallest absolute Gasteiger partial charge is 0.325 e. The summed E-state index contributed by atoms with van der Waals surface area (Å²) in [7, 11) is 1.90. The molecule has 0 fully saturated rings. The van der Waals surface area contributed by atoms with Gasteiger partial charge < -0.3 is 14.6 Å². The lowest BCUT2D eigenvalue weighted by Gasteiger charge is -2.14. The van der Waals surface area contributed by atoms with Gasteiger partial charge in [0.2, 0.25) is 0 Å². The number of urea groups is 1. The Morgan fingerprint density at radius 2 is 2.17 bits per heavy atom. The zero-order valence-electron chi connectivity index (χ0n) is 16.8. The number of carbonyl (C=O) groups is 1. The number of ether oxygens (including phenoxy) is 1. The Hall–Kier alpha value is -2.59. The summed E-state index contributed by atoms with van der Waals surface area (Å²) in [5, 5.41) is 14.9. The van der Waals surface area contributed by atoms with E-state index in [1.54, 1.807) is 24.3 Å². The Kier molecular flexibility index (Phi) is 7.10. The van der Waals surface area contributed by atoms with Crippen molar-refractivity contribution in [2.24, 2.45) is 13.0 Å². The minimum Gasteiger partial charge on any atom is -0.491 e. The Morgan fingerprint density at radius 1 is 1.34 bits per heavy atom. The van der Waals surface area contributed by atoms with Crippen LogP contribution < -0.4 is 15.4 Å². The van der Waals surface area contributed by atoms with Gasteiger partial charge in [0, 0.05) is 23.9 Å². The predicted octanol–water partition coefficient (Wildman–Crippen LogP) is 4.55. The van der Waals surface area contributed by atoms with Gasteiger partial charge in [-0.1, -0.05) is 31.7 Å². The van der Waals surface area contributed by atoms with E-state index in [0.29, 0.717) is 34.8 Å². The highest BCUT2D eigenvalue weighted by molar-refractivity contribution is 7.98. The van der Waals surface area contributed by atoms with Crippen LogP contribution in [0, 0.1) is 12.8 Å². The highest BCUT2D eigenvalue weighted by Crippen LogP contribution is 2.28. The Bertz CT molecular complexity index is 969. The Morgan fingerprint density at radius 3 is 2.90 bits per heavy atom. The molecule has 2 amide bonds. The fraction of sp³-hybridized carbons (Fsp3) is 0.368. The first-order chi connectivity index (χ1) is 13.9. The minimum absolute atomic E-state index is 0.356. The number of hydrogen-bond acceptors (Lipinski definition) is 7. The average Bonchev–Trinajstić information content (AvgIpc) is 3.28. The number of carbonyl (C=O) groups excluding carboxylic acids is 1. The van der Waals surface area contributed by atoms with Gasteiger partial charge in [-0.3, -0.25) is 5.32 Å². The summed E-state index contributed by atoms with van der Waals surface area (Å²) in [4.78, 5) is 17.7. The lowest BCUT2D eigenvalue weighted by atomic mass is 10.2. The highest BCUT2D eigenvalue weighted by Gasteiger charge is 2.12. The van der Waals surface area contributed by atoms with Crippen molar-refractivity contribution in [3.8, 4) is 5.75 Å². The summed E-state index contributed by atoms with van der Waals surface area (Å²) >= 11 is 3.00. The van der Waals surface area contributed by atoms with Crippen LogP contribution in [0.4, 0.5) is 15.6 Å². The lowest BCUT2D eigenvalue weighted by Crippen LogP contribution is -2.20. The maximum atomic E-state index is 12.4. The van der Waals surface area contributed by atoms with Crippen LogP contribution in [-0.2, 0) is 12.8 Å². The first-order valence-electron chi connectivity index (χ1n) is 9.13. The fourth-order valence-electron chi connectivity index (χ4n) is 2.33. The number of amides is 2. The first kappa shape index (κ1) is 21.1. The molecule has 2 heterocycles. The van der Waals surface area contributed by atoms with Gasteiger partial charge in [-0.25, -0.2) is 9.78 Å². The Balaban J connectivity index is 1.57. The number of nitrogens with zero attached hydrogens (tertiary/aromatic N) is 4. The summed E-state index contributed by atoms with van der Waals surface area (Å²) in [6, 6.07) is 5.34. The number of anilines is 2. The van der Waals surface area contributed by atoms with E-state index in [4.69, 9.17) is 4.74 Å². The van der Waals surface area contributed by atoms with Crippen LogP contribution in [-0.4, -0.2) is 32.4 Å². The second-order valence-corrected chi connectivity index (χ2v) is 8.99. The van der Waals surface area contributed by atoms with Crippen LogP contribution >= 0.6 is 23.1 Å². The second-order valence-electron chi connectivity index (χ2n) is 6.93. The number of hydrogen-bond donors (Lipinski definition) is 2. The number of thiazole rings is 1.